The number of aromatic nitrogens is 3. The van der Waals surface area contributed by atoms with Gasteiger partial charge in [-0.25, -0.2) is 9.89 Å². The minimum atomic E-state index is -0.350. The number of H-pyrrole nitrogens is 1. The van der Waals surface area contributed by atoms with E-state index in [0.29, 0.717) is 23.5 Å². The summed E-state index contributed by atoms with van der Waals surface area (Å²) in [6.07, 6.45) is 3.99. The molecule has 1 aliphatic heterocycles. The minimum Gasteiger partial charge on any atom is -0.508 e. The van der Waals surface area contributed by atoms with Crippen molar-refractivity contribution in [3.8, 4) is 22.9 Å². The molecular weight excluding hydrogens is 430 g/mol. The van der Waals surface area contributed by atoms with Crippen LogP contribution in [0.3, 0.4) is 0 Å². The molecule has 1 saturated heterocycles. The van der Waals surface area contributed by atoms with Crippen LogP contribution in [-0.2, 0) is 13.1 Å². The van der Waals surface area contributed by atoms with Gasteiger partial charge in [-0.1, -0.05) is 44.5 Å². The molecule has 3 aromatic rings. The second kappa shape index (κ2) is 10.9. The van der Waals surface area contributed by atoms with Crippen LogP contribution in [0.1, 0.15) is 55.7 Å². The van der Waals surface area contributed by atoms with Crippen LogP contribution in [0.4, 0.5) is 0 Å². The van der Waals surface area contributed by atoms with Gasteiger partial charge >= 0.3 is 5.69 Å². The van der Waals surface area contributed by atoms with Crippen LogP contribution in [0.2, 0.25) is 0 Å². The number of aromatic amines is 1. The number of hydrogen-bond donors (Lipinski definition) is 4. The molecule has 1 aromatic heterocycles. The third-order valence-corrected chi connectivity index (χ3v) is 6.51. The van der Waals surface area contributed by atoms with Crippen LogP contribution >= 0.6 is 0 Å². The summed E-state index contributed by atoms with van der Waals surface area (Å²) in [6, 6.07) is 11.2. The van der Waals surface area contributed by atoms with Crippen LogP contribution in [0.15, 0.2) is 41.2 Å². The van der Waals surface area contributed by atoms with Crippen LogP contribution < -0.4 is 11.0 Å². The van der Waals surface area contributed by atoms with Crippen molar-refractivity contribution in [3.63, 3.8) is 0 Å². The molecule has 0 radical (unpaired) electrons. The second-order valence-electron chi connectivity index (χ2n) is 9.42. The molecule has 0 unspecified atom stereocenters. The van der Waals surface area contributed by atoms with E-state index in [4.69, 9.17) is 0 Å². The van der Waals surface area contributed by atoms with E-state index < -0.39 is 0 Å². The predicted molar refractivity (Wildman–Crippen MR) is 133 cm³/mol. The highest BCUT2D eigenvalue weighted by molar-refractivity contribution is 5.67. The fourth-order valence-electron chi connectivity index (χ4n) is 4.50. The van der Waals surface area contributed by atoms with Crippen molar-refractivity contribution in [3.05, 3.63) is 63.6 Å². The van der Waals surface area contributed by atoms with Gasteiger partial charge in [0.2, 0.25) is 0 Å². The third kappa shape index (κ3) is 5.69. The fraction of sp³-hybridized carbons (Fsp3) is 0.462. The number of nitrogens with zero attached hydrogens (tertiary/aromatic N) is 3. The van der Waals surface area contributed by atoms with E-state index in [9.17, 15) is 15.0 Å². The Hall–Kier alpha value is -3.10. The number of aromatic hydroxyl groups is 2. The van der Waals surface area contributed by atoms with Gasteiger partial charge in [-0.05, 0) is 54.6 Å². The first-order chi connectivity index (χ1) is 16.4. The molecule has 8 heteroatoms. The van der Waals surface area contributed by atoms with Crippen LogP contribution in [0.5, 0.6) is 11.5 Å². The maximum absolute atomic E-state index is 12.5. The van der Waals surface area contributed by atoms with E-state index in [0.717, 1.165) is 25.2 Å². The van der Waals surface area contributed by atoms with Crippen molar-refractivity contribution in [2.45, 2.75) is 52.1 Å². The Kier molecular flexibility index (Phi) is 7.70. The van der Waals surface area contributed by atoms with Crippen molar-refractivity contribution >= 4 is 0 Å². The first-order valence-electron chi connectivity index (χ1n) is 12.1. The number of nitrogens with one attached hydrogen (secondary N) is 2. The number of piperidine rings is 1. The van der Waals surface area contributed by atoms with E-state index in [1.807, 2.05) is 26.0 Å². The molecule has 0 bridgehead atoms. The summed E-state index contributed by atoms with van der Waals surface area (Å²) in [4.78, 5) is 15.0. The minimum absolute atomic E-state index is 0.0285. The first-order valence-corrected chi connectivity index (χ1v) is 12.1. The molecule has 2 heterocycles. The molecule has 182 valence electrons. The molecule has 0 spiro atoms. The summed E-state index contributed by atoms with van der Waals surface area (Å²) in [5, 5.41) is 30.7. The number of phenolic OH excluding ortho intramolecular Hbond substituents is 2. The van der Waals surface area contributed by atoms with Crippen molar-refractivity contribution in [1.29, 1.82) is 0 Å². The molecule has 0 saturated carbocycles. The van der Waals surface area contributed by atoms with Gasteiger partial charge in [-0.15, -0.1) is 0 Å². The monoisotopic (exact) mass is 465 g/mol. The Morgan fingerprint density at radius 3 is 2.44 bits per heavy atom. The van der Waals surface area contributed by atoms with Crippen molar-refractivity contribution in [2.75, 3.05) is 26.2 Å². The topological polar surface area (TPSA) is 106 Å². The summed E-state index contributed by atoms with van der Waals surface area (Å²) in [5.74, 6) is 0.307. The molecule has 4 N–H and O–H groups in total. The molecule has 34 heavy (non-hydrogen) atoms. The van der Waals surface area contributed by atoms with E-state index >= 15 is 0 Å². The summed E-state index contributed by atoms with van der Waals surface area (Å²) < 4.78 is 1.50. The van der Waals surface area contributed by atoms with Gasteiger partial charge in [-0.2, -0.15) is 5.10 Å². The third-order valence-electron chi connectivity index (χ3n) is 6.51. The maximum Gasteiger partial charge on any atom is 0.343 e. The molecule has 1 aliphatic rings. The van der Waals surface area contributed by atoms with E-state index in [2.05, 4.69) is 32.5 Å². The lowest BCUT2D eigenvalue weighted by molar-refractivity contribution is 0.229. The lowest BCUT2D eigenvalue weighted by atomic mass is 9.98. The molecule has 8 nitrogen and oxygen atoms in total. The van der Waals surface area contributed by atoms with Gasteiger partial charge in [-0.3, -0.25) is 4.57 Å². The fourth-order valence-corrected chi connectivity index (χ4v) is 4.50. The highest BCUT2D eigenvalue weighted by Crippen LogP contribution is 2.36. The first kappa shape index (κ1) is 24.0. The van der Waals surface area contributed by atoms with E-state index in [-0.39, 0.29) is 23.1 Å². The van der Waals surface area contributed by atoms with Crippen molar-refractivity contribution < 1.29 is 10.2 Å². The Bertz CT molecular complexity index is 1140. The smallest absolute Gasteiger partial charge is 0.343 e. The number of rotatable bonds is 9. The summed E-state index contributed by atoms with van der Waals surface area (Å²) in [7, 11) is 0. The molecule has 2 aromatic carbocycles. The predicted octanol–water partition coefficient (Wildman–Crippen LogP) is 3.40. The number of hydrogen-bond acceptors (Lipinski definition) is 6. The molecule has 4 rings (SSSR count). The molecule has 0 aliphatic carbocycles. The van der Waals surface area contributed by atoms with Crippen molar-refractivity contribution in [2.24, 2.45) is 0 Å². The Morgan fingerprint density at radius 2 is 1.74 bits per heavy atom. The molecule has 0 amide bonds. The zero-order valence-electron chi connectivity index (χ0n) is 20.0. The lowest BCUT2D eigenvalue weighted by Gasteiger charge is -2.26. The highest BCUT2D eigenvalue weighted by Gasteiger charge is 2.19. The highest BCUT2D eigenvalue weighted by atomic mass is 16.3. The Balaban J connectivity index is 1.41. The average Bonchev–Trinajstić information content (AvgIpc) is 3.18. The zero-order valence-corrected chi connectivity index (χ0v) is 20.0. The molecular formula is C26H35N5O3. The summed E-state index contributed by atoms with van der Waals surface area (Å²) >= 11 is 0. The number of phenols is 2. The van der Waals surface area contributed by atoms with Gasteiger partial charge in [0.25, 0.3) is 0 Å². The number of likely N-dealkylation sites (tertiary alicyclic amines) is 1. The van der Waals surface area contributed by atoms with Crippen LogP contribution in [-0.4, -0.2) is 56.1 Å². The SMILES string of the molecule is CC(C)c1cc(-c2n[nH]c(=O)n2Cc2ccc(CNCCN3CCCCC3)cc2)c(O)cc1O. The van der Waals surface area contributed by atoms with Crippen LogP contribution in [0.25, 0.3) is 11.4 Å². The standard InChI is InChI=1S/C26H35N5O3/c1-18(2)21-14-22(24(33)15-23(21)32)25-28-29-26(34)31(25)17-20-8-6-19(7-9-20)16-27-10-13-30-11-4-3-5-12-30/h6-9,14-15,18,27,32-33H,3-5,10-13,16-17H2,1-2H3,(H,29,34). The Labute approximate surface area is 200 Å². The van der Waals surface area contributed by atoms with Crippen molar-refractivity contribution in [1.82, 2.24) is 25.0 Å². The van der Waals surface area contributed by atoms with Gasteiger partial charge in [0, 0.05) is 25.7 Å². The second-order valence-corrected chi connectivity index (χ2v) is 9.42. The van der Waals surface area contributed by atoms with Gasteiger partial charge < -0.3 is 20.4 Å². The quantitative estimate of drug-likeness (QED) is 0.361. The largest absolute Gasteiger partial charge is 0.508 e. The van der Waals surface area contributed by atoms with Gasteiger partial charge in [0.15, 0.2) is 5.82 Å². The van der Waals surface area contributed by atoms with Gasteiger partial charge in [0.05, 0.1) is 12.1 Å². The zero-order chi connectivity index (χ0) is 24.1. The summed E-state index contributed by atoms with van der Waals surface area (Å²) in [5.41, 5.74) is 2.91. The van der Waals surface area contributed by atoms with E-state index in [1.165, 1.54) is 48.5 Å². The average molecular weight is 466 g/mol. The van der Waals surface area contributed by atoms with Crippen LogP contribution in [0, 0.1) is 0 Å². The summed E-state index contributed by atoms with van der Waals surface area (Å²) in [6.45, 7) is 9.54. The van der Waals surface area contributed by atoms with E-state index in [1.54, 1.807) is 6.07 Å². The Morgan fingerprint density at radius 1 is 1.03 bits per heavy atom. The maximum atomic E-state index is 12.5. The molecule has 1 fully saturated rings. The van der Waals surface area contributed by atoms with Gasteiger partial charge in [0.1, 0.15) is 11.5 Å². The molecule has 0 atom stereocenters. The lowest BCUT2D eigenvalue weighted by Crippen LogP contribution is -2.35. The number of benzene rings is 2. The normalized spacial score (nSPS) is 14.7.